The summed E-state index contributed by atoms with van der Waals surface area (Å²) in [6, 6.07) is 6.94. The van der Waals surface area contributed by atoms with Crippen molar-refractivity contribution in [1.82, 2.24) is 0 Å². The van der Waals surface area contributed by atoms with Gasteiger partial charge in [-0.2, -0.15) is 0 Å². The maximum atomic E-state index is 3.72. The van der Waals surface area contributed by atoms with Crippen molar-refractivity contribution < 1.29 is 0 Å². The normalized spacial score (nSPS) is 20.5. The summed E-state index contributed by atoms with van der Waals surface area (Å²) in [5, 5.41) is 3.72. The summed E-state index contributed by atoms with van der Waals surface area (Å²) < 4.78 is 0. The van der Waals surface area contributed by atoms with Crippen LogP contribution in [-0.2, 0) is 0 Å². The largest absolute Gasteiger partial charge is 0.359 e. The summed E-state index contributed by atoms with van der Waals surface area (Å²) in [5.74, 6) is 0.442. The highest BCUT2D eigenvalue weighted by Gasteiger charge is 2.16. The molecule has 0 amide bonds. The van der Waals surface area contributed by atoms with Crippen LogP contribution in [0.4, 0.5) is 5.69 Å². The molecule has 0 bridgehead atoms. The zero-order valence-corrected chi connectivity index (χ0v) is 18.8. The molecule has 0 radical (unpaired) electrons. The monoisotopic (exact) mass is 409 g/mol. The number of hydrogen-bond acceptors (Lipinski definition) is 1. The molecule has 1 heteroatoms. The Hall–Kier alpha value is -2.80. The predicted octanol–water partition coefficient (Wildman–Crippen LogP) is 8.78. The highest BCUT2D eigenvalue weighted by atomic mass is 14.9. The molecule has 0 fully saturated rings. The molecule has 0 saturated carbocycles. The van der Waals surface area contributed by atoms with Gasteiger partial charge in [0.1, 0.15) is 0 Å². The maximum Gasteiger partial charge on any atom is 0.0385 e. The molecule has 1 aromatic rings. The lowest BCUT2D eigenvalue weighted by molar-refractivity contribution is 0.850. The van der Waals surface area contributed by atoms with Gasteiger partial charge in [-0.05, 0) is 80.2 Å². The number of allylic oxidation sites excluding steroid dienone is 14. The molecule has 0 spiro atoms. The zero-order chi connectivity index (χ0) is 21.3. The second kappa shape index (κ2) is 11.0. The Morgan fingerprint density at radius 3 is 2.58 bits per heavy atom. The molecule has 0 heterocycles. The van der Waals surface area contributed by atoms with E-state index in [1.54, 1.807) is 0 Å². The van der Waals surface area contributed by atoms with Crippen LogP contribution in [0.1, 0.15) is 75.3 Å². The van der Waals surface area contributed by atoms with Crippen LogP contribution in [0, 0.1) is 0 Å². The zero-order valence-electron chi connectivity index (χ0n) is 18.8. The predicted molar refractivity (Wildman–Crippen MR) is 136 cm³/mol. The number of hydrogen-bond donors (Lipinski definition) is 1. The Bertz CT molecular complexity index is 978. The summed E-state index contributed by atoms with van der Waals surface area (Å²) in [7, 11) is 0. The molecule has 3 aliphatic rings. The van der Waals surface area contributed by atoms with Crippen LogP contribution in [-0.4, -0.2) is 0 Å². The van der Waals surface area contributed by atoms with Crippen LogP contribution in [0.3, 0.4) is 0 Å². The van der Waals surface area contributed by atoms with Crippen molar-refractivity contribution >= 4 is 11.3 Å². The lowest BCUT2D eigenvalue weighted by atomic mass is 9.85. The van der Waals surface area contributed by atoms with Gasteiger partial charge in [-0.15, -0.1) is 0 Å². The minimum absolute atomic E-state index is 0.442. The molecule has 0 aromatic heterocycles. The van der Waals surface area contributed by atoms with Crippen LogP contribution < -0.4 is 5.32 Å². The van der Waals surface area contributed by atoms with E-state index in [0.717, 1.165) is 38.5 Å². The summed E-state index contributed by atoms with van der Waals surface area (Å²) in [6.45, 7) is 2.24. The first-order valence-electron chi connectivity index (χ1n) is 12.0. The Labute approximate surface area is 188 Å². The maximum absolute atomic E-state index is 3.72. The molecule has 1 unspecified atom stereocenters. The molecule has 0 aliphatic heterocycles. The van der Waals surface area contributed by atoms with Crippen molar-refractivity contribution in [3.63, 3.8) is 0 Å². The molecule has 1 nitrogen and oxygen atoms in total. The van der Waals surface area contributed by atoms with Gasteiger partial charge in [-0.3, -0.25) is 0 Å². The van der Waals surface area contributed by atoms with Crippen LogP contribution in [0.25, 0.3) is 5.57 Å². The van der Waals surface area contributed by atoms with Gasteiger partial charge in [0.25, 0.3) is 0 Å². The highest BCUT2D eigenvalue weighted by Crippen LogP contribution is 2.35. The third-order valence-electron chi connectivity index (χ3n) is 6.32. The van der Waals surface area contributed by atoms with Gasteiger partial charge in [0.2, 0.25) is 0 Å². The van der Waals surface area contributed by atoms with Gasteiger partial charge in [0.15, 0.2) is 0 Å². The van der Waals surface area contributed by atoms with Crippen molar-refractivity contribution in [3.8, 4) is 0 Å². The third-order valence-corrected chi connectivity index (χ3v) is 6.32. The third kappa shape index (κ3) is 5.88. The fourth-order valence-electron chi connectivity index (χ4n) is 4.57. The second-order valence-corrected chi connectivity index (χ2v) is 8.60. The minimum Gasteiger partial charge on any atom is -0.359 e. The van der Waals surface area contributed by atoms with Gasteiger partial charge in [0.05, 0.1) is 0 Å². The first-order valence-corrected chi connectivity index (χ1v) is 12.0. The van der Waals surface area contributed by atoms with E-state index in [1.165, 1.54) is 46.5 Å². The highest BCUT2D eigenvalue weighted by molar-refractivity contribution is 5.79. The molecule has 160 valence electrons. The Kier molecular flexibility index (Phi) is 7.60. The quantitative estimate of drug-likeness (QED) is 0.452. The molecule has 3 aliphatic carbocycles. The fourth-order valence-corrected chi connectivity index (χ4v) is 4.57. The van der Waals surface area contributed by atoms with Crippen molar-refractivity contribution in [2.75, 3.05) is 5.32 Å². The van der Waals surface area contributed by atoms with Crippen molar-refractivity contribution in [2.45, 2.75) is 64.2 Å². The average Bonchev–Trinajstić information content (AvgIpc) is 2.85. The Morgan fingerprint density at radius 1 is 1.00 bits per heavy atom. The molecule has 4 rings (SSSR count). The fraction of sp³-hybridized carbons (Fsp3) is 0.333. The summed E-state index contributed by atoms with van der Waals surface area (Å²) in [4.78, 5) is 0. The standard InChI is InChI=1S/C30H35N/c1-2-27(20-12-15-24-13-6-3-7-14-24)31-28-21-22-29(25-16-8-4-9-17-25)30(23-28)26-18-10-5-11-19-26/h5-6,8,10-11,13-14,16-18,20-23,26,31H,2-4,7,9,12,15,19H2,1H3/b27-20+. The van der Waals surface area contributed by atoms with Crippen molar-refractivity contribution in [1.29, 1.82) is 0 Å². The molecule has 1 atom stereocenters. The summed E-state index contributed by atoms with van der Waals surface area (Å²) in [5.41, 5.74) is 8.18. The number of nitrogens with one attached hydrogen (secondary N) is 1. The first-order chi connectivity index (χ1) is 15.3. The van der Waals surface area contributed by atoms with E-state index >= 15 is 0 Å². The first kappa shape index (κ1) is 21.4. The molecule has 0 saturated heterocycles. The van der Waals surface area contributed by atoms with Crippen LogP contribution in [0.5, 0.6) is 0 Å². The second-order valence-electron chi connectivity index (χ2n) is 8.60. The van der Waals surface area contributed by atoms with Crippen LogP contribution in [0.15, 0.2) is 96.3 Å². The van der Waals surface area contributed by atoms with Gasteiger partial charge in [-0.25, -0.2) is 0 Å². The Balaban J connectivity index is 1.52. The molecule has 1 aromatic carbocycles. The van der Waals surface area contributed by atoms with E-state index in [2.05, 4.69) is 97.3 Å². The van der Waals surface area contributed by atoms with E-state index in [1.807, 2.05) is 0 Å². The van der Waals surface area contributed by atoms with E-state index in [-0.39, 0.29) is 0 Å². The number of rotatable bonds is 8. The number of benzene rings is 1. The minimum atomic E-state index is 0.442. The SMILES string of the molecule is CC/C(=C\CCC1=CCCC=C1)Nc1ccc(C2=CCCC=C2)c(C2C=CC=CC2)c1. The smallest absolute Gasteiger partial charge is 0.0385 e. The van der Waals surface area contributed by atoms with Gasteiger partial charge >= 0.3 is 0 Å². The van der Waals surface area contributed by atoms with Crippen LogP contribution >= 0.6 is 0 Å². The molecular weight excluding hydrogens is 374 g/mol. The van der Waals surface area contributed by atoms with Crippen molar-refractivity contribution in [3.05, 3.63) is 107 Å². The molecular formula is C30H35N. The molecule has 1 N–H and O–H groups in total. The Morgan fingerprint density at radius 2 is 1.87 bits per heavy atom. The van der Waals surface area contributed by atoms with Gasteiger partial charge in [0, 0.05) is 17.3 Å². The van der Waals surface area contributed by atoms with E-state index in [4.69, 9.17) is 0 Å². The lowest BCUT2D eigenvalue weighted by Gasteiger charge is -2.21. The summed E-state index contributed by atoms with van der Waals surface area (Å²) in [6.07, 6.45) is 34.3. The number of anilines is 1. The van der Waals surface area contributed by atoms with E-state index in [0.29, 0.717) is 5.92 Å². The average molecular weight is 410 g/mol. The van der Waals surface area contributed by atoms with Gasteiger partial charge in [-0.1, -0.05) is 85.4 Å². The van der Waals surface area contributed by atoms with Gasteiger partial charge < -0.3 is 5.32 Å². The molecule has 31 heavy (non-hydrogen) atoms. The lowest BCUT2D eigenvalue weighted by Crippen LogP contribution is -2.05. The van der Waals surface area contributed by atoms with E-state index < -0.39 is 0 Å². The topological polar surface area (TPSA) is 12.0 Å². The summed E-state index contributed by atoms with van der Waals surface area (Å²) >= 11 is 0. The van der Waals surface area contributed by atoms with E-state index in [9.17, 15) is 0 Å². The van der Waals surface area contributed by atoms with Crippen LogP contribution in [0.2, 0.25) is 0 Å². The van der Waals surface area contributed by atoms with Crippen molar-refractivity contribution in [2.24, 2.45) is 0 Å².